The molecule has 138 valence electrons. The minimum atomic E-state index is -4.40. The third-order valence-electron chi connectivity index (χ3n) is 3.86. The van der Waals surface area contributed by atoms with Crippen molar-refractivity contribution in [2.24, 2.45) is 0 Å². The van der Waals surface area contributed by atoms with E-state index in [0.29, 0.717) is 23.1 Å². The monoisotopic (exact) mass is 356 g/mol. The largest absolute Gasteiger partial charge is 0.492 e. The van der Waals surface area contributed by atoms with Crippen LogP contribution in [0.2, 0.25) is 0 Å². The number of hydrogen-bond donors (Lipinski definition) is 1. The molecule has 0 aliphatic heterocycles. The van der Waals surface area contributed by atoms with Crippen LogP contribution in [0.25, 0.3) is 11.0 Å². The molecule has 1 N–H and O–H groups in total. The normalized spacial score (nSPS) is 11.8. The predicted octanol–water partition coefficient (Wildman–Crippen LogP) is 5.18. The van der Waals surface area contributed by atoms with Crippen molar-refractivity contribution in [1.82, 2.24) is 9.97 Å². The van der Waals surface area contributed by atoms with E-state index < -0.39 is 12.8 Å². The molecule has 0 radical (unpaired) electrons. The predicted molar refractivity (Wildman–Crippen MR) is 89.8 cm³/mol. The number of unbranched alkanes of at least 4 members (excludes halogenated alkanes) is 5. The molecule has 0 aliphatic rings. The summed E-state index contributed by atoms with van der Waals surface area (Å²) in [6.45, 7) is 0.802. The summed E-state index contributed by atoms with van der Waals surface area (Å²) in [7, 11) is 0. The highest BCUT2D eigenvalue weighted by molar-refractivity contribution is 5.76. The zero-order valence-electron chi connectivity index (χ0n) is 14.3. The van der Waals surface area contributed by atoms with E-state index in [4.69, 9.17) is 0 Å². The van der Waals surface area contributed by atoms with Crippen LogP contribution in [0, 0.1) is 0 Å². The zero-order chi connectivity index (χ0) is 18.3. The molecule has 0 spiro atoms. The first-order chi connectivity index (χ1) is 11.9. The average molecular weight is 356 g/mol. The molecule has 0 aliphatic carbocycles. The van der Waals surface area contributed by atoms with Crippen molar-refractivity contribution in [2.45, 2.75) is 58.0 Å². The third-order valence-corrected chi connectivity index (χ3v) is 3.86. The van der Waals surface area contributed by atoms with Crippen LogP contribution in [0.5, 0.6) is 11.6 Å². The van der Waals surface area contributed by atoms with Crippen LogP contribution >= 0.6 is 0 Å². The fourth-order valence-corrected chi connectivity index (χ4v) is 2.56. The fourth-order valence-electron chi connectivity index (χ4n) is 2.56. The van der Waals surface area contributed by atoms with Crippen molar-refractivity contribution < 1.29 is 23.0 Å². The van der Waals surface area contributed by atoms with Gasteiger partial charge in [0.15, 0.2) is 6.61 Å². The molecule has 0 unspecified atom stereocenters. The number of aromatic nitrogens is 2. The van der Waals surface area contributed by atoms with Gasteiger partial charge in [0.2, 0.25) is 5.88 Å². The summed E-state index contributed by atoms with van der Waals surface area (Å²) in [5.41, 5.74) is 1.36. The van der Waals surface area contributed by atoms with Gasteiger partial charge in [-0.1, -0.05) is 39.0 Å². The molecule has 4 nitrogen and oxygen atoms in total. The summed E-state index contributed by atoms with van der Waals surface area (Å²) in [4.78, 5) is 8.41. The van der Waals surface area contributed by atoms with E-state index in [1.165, 1.54) is 31.4 Å². The highest BCUT2D eigenvalue weighted by Gasteiger charge is 2.28. The number of halogens is 3. The Morgan fingerprint density at radius 2 is 1.72 bits per heavy atom. The quantitative estimate of drug-likeness (QED) is 0.629. The average Bonchev–Trinajstić information content (AvgIpc) is 2.55. The van der Waals surface area contributed by atoms with Crippen LogP contribution in [-0.2, 0) is 6.42 Å². The van der Waals surface area contributed by atoms with Crippen molar-refractivity contribution in [1.29, 1.82) is 0 Å². The first-order valence-corrected chi connectivity index (χ1v) is 8.58. The Bertz CT molecular complexity index is 690. The van der Waals surface area contributed by atoms with E-state index in [0.717, 1.165) is 19.3 Å². The van der Waals surface area contributed by atoms with Crippen LogP contribution in [0.15, 0.2) is 18.2 Å². The van der Waals surface area contributed by atoms with Gasteiger partial charge in [0, 0.05) is 6.07 Å². The van der Waals surface area contributed by atoms with E-state index in [9.17, 15) is 18.3 Å². The fraction of sp³-hybridized carbons (Fsp3) is 0.556. The first kappa shape index (κ1) is 19.3. The molecule has 1 heterocycles. The van der Waals surface area contributed by atoms with Crippen LogP contribution in [-0.4, -0.2) is 27.9 Å². The van der Waals surface area contributed by atoms with Crippen LogP contribution in [0.3, 0.4) is 0 Å². The van der Waals surface area contributed by atoms with Crippen LogP contribution in [0.4, 0.5) is 13.2 Å². The minimum absolute atomic E-state index is 0.0437. The highest BCUT2D eigenvalue weighted by Crippen LogP contribution is 2.25. The maximum atomic E-state index is 12.2. The lowest BCUT2D eigenvalue weighted by Gasteiger charge is -2.10. The van der Waals surface area contributed by atoms with E-state index in [1.54, 1.807) is 6.07 Å². The van der Waals surface area contributed by atoms with Gasteiger partial charge in [-0.15, -0.1) is 0 Å². The second-order valence-electron chi connectivity index (χ2n) is 6.07. The SMILES string of the molecule is CCCCCCCCc1nc2ccc(OCC(F)(F)F)cc2nc1O. The molecule has 2 aromatic rings. The molecule has 7 heteroatoms. The molecule has 2 rings (SSSR count). The van der Waals surface area contributed by atoms with Gasteiger partial charge < -0.3 is 9.84 Å². The Kier molecular flexibility index (Phi) is 6.84. The maximum Gasteiger partial charge on any atom is 0.422 e. The lowest BCUT2D eigenvalue weighted by atomic mass is 10.1. The Morgan fingerprint density at radius 1 is 1.00 bits per heavy atom. The molecule has 0 saturated heterocycles. The lowest BCUT2D eigenvalue weighted by Crippen LogP contribution is -2.19. The molecule has 0 fully saturated rings. The van der Waals surface area contributed by atoms with Crippen molar-refractivity contribution in [3.05, 3.63) is 23.9 Å². The van der Waals surface area contributed by atoms with Crippen molar-refractivity contribution in [3.63, 3.8) is 0 Å². The number of nitrogens with zero attached hydrogens (tertiary/aromatic N) is 2. The molecular formula is C18H23F3N2O2. The molecule has 0 atom stereocenters. The lowest BCUT2D eigenvalue weighted by molar-refractivity contribution is -0.153. The number of ether oxygens (including phenoxy) is 1. The summed E-state index contributed by atoms with van der Waals surface area (Å²) in [5, 5.41) is 10.0. The van der Waals surface area contributed by atoms with E-state index in [1.807, 2.05) is 0 Å². The molecular weight excluding hydrogens is 333 g/mol. The van der Waals surface area contributed by atoms with Gasteiger partial charge in [0.1, 0.15) is 11.4 Å². The topological polar surface area (TPSA) is 55.2 Å². The summed E-state index contributed by atoms with van der Waals surface area (Å²) in [5.74, 6) is -0.128. The summed E-state index contributed by atoms with van der Waals surface area (Å²) in [6, 6.07) is 4.33. The van der Waals surface area contributed by atoms with Crippen LogP contribution in [0.1, 0.15) is 51.1 Å². The van der Waals surface area contributed by atoms with Crippen molar-refractivity contribution in [2.75, 3.05) is 6.61 Å². The van der Waals surface area contributed by atoms with E-state index >= 15 is 0 Å². The van der Waals surface area contributed by atoms with Crippen molar-refractivity contribution in [3.8, 4) is 11.6 Å². The molecule has 0 saturated carbocycles. The number of rotatable bonds is 9. The molecule has 0 bridgehead atoms. The van der Waals surface area contributed by atoms with Gasteiger partial charge in [-0.05, 0) is 25.0 Å². The van der Waals surface area contributed by atoms with E-state index in [2.05, 4.69) is 21.6 Å². The number of alkyl halides is 3. The summed E-state index contributed by atoms with van der Waals surface area (Å²) in [6.07, 6.45) is 3.04. The maximum absolute atomic E-state index is 12.2. The second-order valence-corrected chi connectivity index (χ2v) is 6.07. The summed E-state index contributed by atoms with van der Waals surface area (Å²) >= 11 is 0. The number of aryl methyl sites for hydroxylation is 1. The van der Waals surface area contributed by atoms with Gasteiger partial charge in [-0.2, -0.15) is 13.2 Å². The van der Waals surface area contributed by atoms with Gasteiger partial charge in [0.25, 0.3) is 0 Å². The molecule has 0 amide bonds. The van der Waals surface area contributed by atoms with E-state index in [-0.39, 0.29) is 11.6 Å². The van der Waals surface area contributed by atoms with Gasteiger partial charge in [0.05, 0.1) is 11.0 Å². The van der Waals surface area contributed by atoms with Gasteiger partial charge in [-0.25, -0.2) is 9.97 Å². The summed E-state index contributed by atoms with van der Waals surface area (Å²) < 4.78 is 41.3. The Labute approximate surface area is 145 Å². The molecule has 25 heavy (non-hydrogen) atoms. The standard InChI is InChI=1S/C18H23F3N2O2/c1-2-3-4-5-6-7-8-15-17(24)23-16-11-13(9-10-14(16)22-15)25-12-18(19,20)21/h9-11H,2-8,12H2,1H3,(H,23,24). The zero-order valence-corrected chi connectivity index (χ0v) is 14.3. The number of aromatic hydroxyl groups is 1. The number of fused-ring (bicyclic) bond motifs is 1. The highest BCUT2D eigenvalue weighted by atomic mass is 19.4. The molecule has 1 aromatic carbocycles. The Morgan fingerprint density at radius 3 is 2.44 bits per heavy atom. The van der Waals surface area contributed by atoms with Gasteiger partial charge >= 0.3 is 6.18 Å². The first-order valence-electron chi connectivity index (χ1n) is 8.58. The minimum Gasteiger partial charge on any atom is -0.492 e. The van der Waals surface area contributed by atoms with Gasteiger partial charge in [-0.3, -0.25) is 0 Å². The van der Waals surface area contributed by atoms with Crippen LogP contribution < -0.4 is 4.74 Å². The Balaban J connectivity index is 1.98. The second kappa shape index (κ2) is 8.87. The number of hydrogen-bond acceptors (Lipinski definition) is 4. The van der Waals surface area contributed by atoms with Crippen molar-refractivity contribution >= 4 is 11.0 Å². The smallest absolute Gasteiger partial charge is 0.422 e. The third kappa shape index (κ3) is 6.40. The Hall–Kier alpha value is -2.05. The number of benzene rings is 1. The molecule has 1 aromatic heterocycles.